The van der Waals surface area contributed by atoms with Gasteiger partial charge in [-0.25, -0.2) is 0 Å². The van der Waals surface area contributed by atoms with E-state index in [1.165, 1.54) is 46.2 Å². The van der Waals surface area contributed by atoms with E-state index in [-0.39, 0.29) is 23.3 Å². The lowest BCUT2D eigenvalue weighted by Crippen LogP contribution is -2.13. The number of nitrogens with two attached hydrogens (primary N) is 2. The van der Waals surface area contributed by atoms with Crippen molar-refractivity contribution in [1.82, 2.24) is 20.4 Å². The van der Waals surface area contributed by atoms with Crippen LogP contribution in [0.3, 0.4) is 0 Å². The van der Waals surface area contributed by atoms with Crippen molar-refractivity contribution in [1.29, 1.82) is 0 Å². The standard InChI is InChI=1S/C26H22N8O4S4/c27-23-31-33-25(41-23)39-13-21(35)29-15-4-8-17(9-5-15)37-19-2-1-3-20(12-19)38-18-10-6-16(7-11-18)30-22(36)14-40-26-34-32-24(28)42-26/h1-12H,13-14H2,(H2,27,31)(H2,28,32)(H,29,35)(H,30,36). The predicted molar refractivity (Wildman–Crippen MR) is 167 cm³/mol. The SMILES string of the molecule is Nc1nnc(SCC(=O)Nc2ccc(Oc3cccc(Oc4ccc(NC(=O)CSc5nnc(N)s5)cc4)c3)cc2)s1. The molecule has 0 saturated heterocycles. The molecule has 0 bridgehead atoms. The molecule has 42 heavy (non-hydrogen) atoms. The zero-order valence-electron chi connectivity index (χ0n) is 21.6. The molecule has 0 aliphatic heterocycles. The van der Waals surface area contributed by atoms with Crippen LogP contribution in [0.5, 0.6) is 23.0 Å². The van der Waals surface area contributed by atoms with E-state index in [0.717, 1.165) is 0 Å². The van der Waals surface area contributed by atoms with E-state index in [0.29, 0.717) is 53.3 Å². The summed E-state index contributed by atoms with van der Waals surface area (Å²) in [4.78, 5) is 24.4. The Balaban J connectivity index is 1.08. The van der Waals surface area contributed by atoms with Crippen LogP contribution in [0, 0.1) is 0 Å². The summed E-state index contributed by atoms with van der Waals surface area (Å²) in [6, 6.07) is 21.3. The number of hydrogen-bond donors (Lipinski definition) is 4. The van der Waals surface area contributed by atoms with Crippen molar-refractivity contribution >= 4 is 79.6 Å². The number of carbonyl (C=O) groups is 2. The number of carbonyl (C=O) groups excluding carboxylic acids is 2. The van der Waals surface area contributed by atoms with Crippen molar-refractivity contribution in [2.75, 3.05) is 33.6 Å². The third-order valence-electron chi connectivity index (χ3n) is 5.05. The van der Waals surface area contributed by atoms with Gasteiger partial charge in [0.05, 0.1) is 11.5 Å². The number of rotatable bonds is 12. The quantitative estimate of drug-likeness (QED) is 0.124. The van der Waals surface area contributed by atoms with Crippen molar-refractivity contribution < 1.29 is 19.1 Å². The van der Waals surface area contributed by atoms with Crippen LogP contribution < -0.4 is 31.6 Å². The first-order valence-corrected chi connectivity index (χ1v) is 15.7. The maximum Gasteiger partial charge on any atom is 0.234 e. The Labute approximate surface area is 256 Å². The molecule has 12 nitrogen and oxygen atoms in total. The average Bonchev–Trinajstić information content (AvgIpc) is 3.60. The minimum Gasteiger partial charge on any atom is -0.457 e. The number of thioether (sulfide) groups is 2. The Morgan fingerprint density at radius 1 is 0.643 bits per heavy atom. The van der Waals surface area contributed by atoms with E-state index in [2.05, 4.69) is 31.0 Å². The van der Waals surface area contributed by atoms with Crippen LogP contribution in [-0.4, -0.2) is 43.7 Å². The molecular formula is C26H22N8O4S4. The minimum atomic E-state index is -0.169. The molecule has 0 aliphatic rings. The highest BCUT2D eigenvalue weighted by atomic mass is 32.2. The lowest BCUT2D eigenvalue weighted by atomic mass is 10.2. The monoisotopic (exact) mass is 638 g/mol. The van der Waals surface area contributed by atoms with Crippen molar-refractivity contribution in [3.8, 4) is 23.0 Å². The first-order valence-electron chi connectivity index (χ1n) is 12.1. The highest BCUT2D eigenvalue weighted by molar-refractivity contribution is 8.02. The van der Waals surface area contributed by atoms with E-state index in [1.54, 1.807) is 54.6 Å². The third kappa shape index (κ3) is 8.81. The van der Waals surface area contributed by atoms with Gasteiger partial charge in [0.1, 0.15) is 23.0 Å². The molecule has 5 aromatic rings. The number of hydrogen-bond acceptors (Lipinski definition) is 14. The van der Waals surface area contributed by atoms with Crippen molar-refractivity contribution in [2.24, 2.45) is 0 Å². The summed E-state index contributed by atoms with van der Waals surface area (Å²) in [7, 11) is 0. The molecule has 2 amide bonds. The molecule has 0 aliphatic carbocycles. The second-order valence-corrected chi connectivity index (χ2v) is 12.7. The summed E-state index contributed by atoms with van der Waals surface area (Å²) in [6.45, 7) is 0. The van der Waals surface area contributed by atoms with Gasteiger partial charge in [0.25, 0.3) is 0 Å². The summed E-state index contributed by atoms with van der Waals surface area (Å²) < 4.78 is 13.2. The van der Waals surface area contributed by atoms with Gasteiger partial charge in [-0.1, -0.05) is 52.3 Å². The van der Waals surface area contributed by atoms with Gasteiger partial charge < -0.3 is 31.6 Å². The van der Waals surface area contributed by atoms with Crippen molar-refractivity contribution in [2.45, 2.75) is 8.68 Å². The second-order valence-electron chi connectivity index (χ2n) is 8.21. The third-order valence-corrected chi connectivity index (χ3v) is 8.82. The van der Waals surface area contributed by atoms with Crippen LogP contribution in [0.25, 0.3) is 0 Å². The normalized spacial score (nSPS) is 10.7. The average molecular weight is 639 g/mol. The number of amides is 2. The van der Waals surface area contributed by atoms with Crippen LogP contribution >= 0.6 is 46.2 Å². The zero-order valence-corrected chi connectivity index (χ0v) is 24.8. The fraction of sp³-hybridized carbons (Fsp3) is 0.0769. The molecular weight excluding hydrogens is 617 g/mol. The maximum absolute atomic E-state index is 12.2. The lowest BCUT2D eigenvalue weighted by molar-refractivity contribution is -0.114. The van der Waals surface area contributed by atoms with Gasteiger partial charge in [-0.15, -0.1) is 20.4 Å². The molecule has 0 spiro atoms. The number of nitrogen functional groups attached to an aromatic ring is 2. The van der Waals surface area contributed by atoms with E-state index in [1.807, 2.05) is 18.2 Å². The molecule has 214 valence electrons. The molecule has 2 aromatic heterocycles. The number of anilines is 4. The summed E-state index contributed by atoms with van der Waals surface area (Å²) in [5, 5.41) is 21.6. The van der Waals surface area contributed by atoms with Crippen LogP contribution in [0.15, 0.2) is 81.5 Å². The van der Waals surface area contributed by atoms with E-state index >= 15 is 0 Å². The molecule has 3 aromatic carbocycles. The molecule has 5 rings (SSSR count). The van der Waals surface area contributed by atoms with E-state index in [4.69, 9.17) is 20.9 Å². The number of nitrogens with zero attached hydrogens (tertiary/aromatic N) is 4. The van der Waals surface area contributed by atoms with Gasteiger partial charge in [0.2, 0.25) is 22.1 Å². The summed E-state index contributed by atoms with van der Waals surface area (Å²) in [5.74, 6) is 2.39. The minimum absolute atomic E-state index is 0.169. The molecule has 16 heteroatoms. The highest BCUT2D eigenvalue weighted by Gasteiger charge is 2.10. The van der Waals surface area contributed by atoms with Gasteiger partial charge in [-0.2, -0.15) is 0 Å². The van der Waals surface area contributed by atoms with Crippen molar-refractivity contribution in [3.05, 3.63) is 72.8 Å². The van der Waals surface area contributed by atoms with E-state index in [9.17, 15) is 9.59 Å². The fourth-order valence-corrected chi connectivity index (χ4v) is 6.16. The van der Waals surface area contributed by atoms with Crippen LogP contribution in [0.4, 0.5) is 21.6 Å². The zero-order chi connectivity index (χ0) is 29.3. The Bertz CT molecular complexity index is 1540. The van der Waals surface area contributed by atoms with Crippen LogP contribution in [-0.2, 0) is 9.59 Å². The van der Waals surface area contributed by atoms with Crippen LogP contribution in [0.1, 0.15) is 0 Å². The number of nitrogens with one attached hydrogen (secondary N) is 2. The van der Waals surface area contributed by atoms with Gasteiger partial charge in [0, 0.05) is 17.4 Å². The summed E-state index contributed by atoms with van der Waals surface area (Å²) in [5.41, 5.74) is 12.4. The topological polar surface area (TPSA) is 180 Å². The van der Waals surface area contributed by atoms with Gasteiger partial charge in [-0.05, 0) is 60.7 Å². The smallest absolute Gasteiger partial charge is 0.234 e. The summed E-state index contributed by atoms with van der Waals surface area (Å²) >= 11 is 5.02. The number of benzene rings is 3. The lowest BCUT2D eigenvalue weighted by Gasteiger charge is -2.11. The Kier molecular flexibility index (Phi) is 9.70. The Morgan fingerprint density at radius 2 is 1.07 bits per heavy atom. The fourth-order valence-electron chi connectivity index (χ4n) is 3.29. The predicted octanol–water partition coefficient (Wildman–Crippen LogP) is 5.60. The van der Waals surface area contributed by atoms with Gasteiger partial charge >= 0.3 is 0 Å². The molecule has 0 atom stereocenters. The molecule has 0 saturated carbocycles. The molecule has 6 N–H and O–H groups in total. The van der Waals surface area contributed by atoms with Crippen molar-refractivity contribution in [3.63, 3.8) is 0 Å². The highest BCUT2D eigenvalue weighted by Crippen LogP contribution is 2.30. The number of ether oxygens (including phenoxy) is 2. The van der Waals surface area contributed by atoms with Gasteiger partial charge in [-0.3, -0.25) is 9.59 Å². The maximum atomic E-state index is 12.2. The van der Waals surface area contributed by atoms with Gasteiger partial charge in [0.15, 0.2) is 8.68 Å². The Hall–Kier alpha value is -4.38. The molecule has 0 fully saturated rings. The molecule has 2 heterocycles. The van der Waals surface area contributed by atoms with E-state index < -0.39 is 0 Å². The molecule has 0 unspecified atom stereocenters. The molecule has 0 radical (unpaired) electrons. The second kappa shape index (κ2) is 14.0. The summed E-state index contributed by atoms with van der Waals surface area (Å²) in [6.07, 6.45) is 0. The first kappa shape index (κ1) is 29.1. The van der Waals surface area contributed by atoms with Crippen LogP contribution in [0.2, 0.25) is 0 Å². The largest absolute Gasteiger partial charge is 0.457 e. The first-order chi connectivity index (χ1) is 20.4. The number of aromatic nitrogens is 4. The Morgan fingerprint density at radius 3 is 1.45 bits per heavy atom.